The van der Waals surface area contributed by atoms with Gasteiger partial charge in [-0.25, -0.2) is 0 Å². The molecule has 0 aromatic rings. The summed E-state index contributed by atoms with van der Waals surface area (Å²) in [6, 6.07) is 0. The van der Waals surface area contributed by atoms with Crippen LogP contribution in [0.25, 0.3) is 0 Å². The minimum Gasteiger partial charge on any atom is -0.481 e. The van der Waals surface area contributed by atoms with Crippen molar-refractivity contribution < 1.29 is 19.4 Å². The molecule has 0 unspecified atom stereocenters. The van der Waals surface area contributed by atoms with Crippen molar-refractivity contribution in [3.05, 3.63) is 24.3 Å². The Bertz CT molecular complexity index is 239. The minimum atomic E-state index is -0.874. The third-order valence-corrected chi connectivity index (χ3v) is 1.77. The number of hydrogen-bond acceptors (Lipinski definition) is 3. The van der Waals surface area contributed by atoms with Gasteiger partial charge in [0.1, 0.15) is 0 Å². The Morgan fingerprint density at radius 2 is 1.94 bits per heavy atom. The van der Waals surface area contributed by atoms with Gasteiger partial charge in [0.25, 0.3) is 0 Å². The van der Waals surface area contributed by atoms with E-state index in [4.69, 9.17) is 14.6 Å². The monoisotopic (exact) mass is 228 g/mol. The van der Waals surface area contributed by atoms with Gasteiger partial charge in [-0.3, -0.25) is 4.79 Å². The van der Waals surface area contributed by atoms with Crippen LogP contribution >= 0.6 is 0 Å². The Balaban J connectivity index is 3.93. The predicted octanol–water partition coefficient (Wildman–Crippen LogP) is 2.36. The normalized spacial score (nSPS) is 11.2. The summed E-state index contributed by atoms with van der Waals surface area (Å²) in [7, 11) is 0. The van der Waals surface area contributed by atoms with Crippen molar-refractivity contribution in [3.8, 4) is 0 Å². The molecule has 0 radical (unpaired) electrons. The molecule has 0 aliphatic carbocycles. The maximum Gasteiger partial charge on any atom is 0.307 e. The van der Waals surface area contributed by atoms with Crippen LogP contribution < -0.4 is 0 Å². The summed E-state index contributed by atoms with van der Waals surface area (Å²) in [6.45, 7) is 8.62. The topological polar surface area (TPSA) is 55.8 Å². The van der Waals surface area contributed by atoms with Gasteiger partial charge in [0.05, 0.1) is 6.42 Å². The number of carboxylic acids is 1. The first kappa shape index (κ1) is 14.9. The Morgan fingerprint density at radius 3 is 2.38 bits per heavy atom. The van der Waals surface area contributed by atoms with Crippen molar-refractivity contribution in [3.63, 3.8) is 0 Å². The van der Waals surface area contributed by atoms with E-state index in [1.807, 2.05) is 19.9 Å². The van der Waals surface area contributed by atoms with E-state index in [0.29, 0.717) is 25.2 Å². The van der Waals surface area contributed by atoms with Crippen molar-refractivity contribution in [1.29, 1.82) is 0 Å². The number of hydrogen-bond donors (Lipinski definition) is 1. The summed E-state index contributed by atoms with van der Waals surface area (Å²) in [5, 5.41) is 8.52. The largest absolute Gasteiger partial charge is 0.481 e. The van der Waals surface area contributed by atoms with Crippen LogP contribution in [0.2, 0.25) is 0 Å². The van der Waals surface area contributed by atoms with Crippen LogP contribution in [0.1, 0.15) is 26.7 Å². The quantitative estimate of drug-likeness (QED) is 0.486. The average molecular weight is 228 g/mol. The molecule has 0 aromatic carbocycles. The molecule has 0 atom stereocenters. The lowest BCUT2D eigenvalue weighted by atomic mass is 10.2. The van der Waals surface area contributed by atoms with Crippen LogP contribution in [0.5, 0.6) is 0 Å². The van der Waals surface area contributed by atoms with E-state index in [0.717, 1.165) is 0 Å². The zero-order valence-electron chi connectivity index (χ0n) is 9.94. The van der Waals surface area contributed by atoms with Gasteiger partial charge in [-0.1, -0.05) is 18.7 Å². The van der Waals surface area contributed by atoms with Crippen LogP contribution in [0, 0.1) is 0 Å². The van der Waals surface area contributed by atoms with E-state index >= 15 is 0 Å². The average Bonchev–Trinajstić information content (AvgIpc) is 2.17. The fourth-order valence-electron chi connectivity index (χ4n) is 1.15. The highest BCUT2D eigenvalue weighted by molar-refractivity contribution is 5.70. The van der Waals surface area contributed by atoms with E-state index in [2.05, 4.69) is 6.58 Å². The fourth-order valence-corrected chi connectivity index (χ4v) is 1.15. The lowest BCUT2D eigenvalue weighted by Crippen LogP contribution is -2.16. The van der Waals surface area contributed by atoms with E-state index in [-0.39, 0.29) is 12.7 Å². The fraction of sp³-hybridized carbons (Fsp3) is 0.583. The molecule has 0 aliphatic heterocycles. The highest BCUT2D eigenvalue weighted by Crippen LogP contribution is 2.05. The summed E-state index contributed by atoms with van der Waals surface area (Å²) in [5.41, 5.74) is 0.569. The van der Waals surface area contributed by atoms with Gasteiger partial charge in [-0.05, 0) is 19.4 Å². The molecule has 0 aromatic heterocycles. The van der Waals surface area contributed by atoms with Crippen LogP contribution in [0.3, 0.4) is 0 Å². The number of carbonyl (C=O) groups is 1. The number of ether oxygens (including phenoxy) is 2. The highest BCUT2D eigenvalue weighted by atomic mass is 16.7. The zero-order valence-corrected chi connectivity index (χ0v) is 9.94. The Kier molecular flexibility index (Phi) is 8.48. The summed E-state index contributed by atoms with van der Waals surface area (Å²) in [5.74, 6) is -0.874. The van der Waals surface area contributed by atoms with Gasteiger partial charge in [0, 0.05) is 19.6 Å². The molecule has 0 rings (SSSR count). The standard InChI is InChI=1S/C12H20O4/c1-4-15-12(16-5-2)8-6-7-10(3)9-11(13)14/h6-7,12H,3-5,8-9H2,1-2H3,(H,13,14)/b7-6-. The molecule has 1 N–H and O–H groups in total. The molecule has 0 saturated carbocycles. The molecule has 0 spiro atoms. The van der Waals surface area contributed by atoms with Crippen LogP contribution in [-0.2, 0) is 14.3 Å². The Labute approximate surface area is 96.6 Å². The third-order valence-electron chi connectivity index (χ3n) is 1.77. The van der Waals surface area contributed by atoms with Crippen molar-refractivity contribution in [2.24, 2.45) is 0 Å². The lowest BCUT2D eigenvalue weighted by Gasteiger charge is -2.14. The summed E-state index contributed by atoms with van der Waals surface area (Å²) < 4.78 is 10.7. The number of rotatable bonds is 9. The second-order valence-electron chi connectivity index (χ2n) is 3.21. The van der Waals surface area contributed by atoms with Gasteiger partial charge < -0.3 is 14.6 Å². The first-order valence-electron chi connectivity index (χ1n) is 5.39. The number of carboxylic acid groups (broad SMARTS) is 1. The van der Waals surface area contributed by atoms with Crippen LogP contribution in [-0.4, -0.2) is 30.6 Å². The smallest absolute Gasteiger partial charge is 0.307 e. The third kappa shape index (κ3) is 8.20. The van der Waals surface area contributed by atoms with Crippen LogP contribution in [0.15, 0.2) is 24.3 Å². The second-order valence-corrected chi connectivity index (χ2v) is 3.21. The first-order valence-corrected chi connectivity index (χ1v) is 5.39. The highest BCUT2D eigenvalue weighted by Gasteiger charge is 2.04. The van der Waals surface area contributed by atoms with Gasteiger partial charge >= 0.3 is 5.97 Å². The van der Waals surface area contributed by atoms with Crippen LogP contribution in [0.4, 0.5) is 0 Å². The molecule has 4 nitrogen and oxygen atoms in total. The lowest BCUT2D eigenvalue weighted by molar-refractivity contribution is -0.136. The van der Waals surface area contributed by atoms with E-state index in [9.17, 15) is 4.79 Å². The Morgan fingerprint density at radius 1 is 1.38 bits per heavy atom. The second kappa shape index (κ2) is 9.12. The molecule has 4 heteroatoms. The van der Waals surface area contributed by atoms with Gasteiger partial charge in [-0.15, -0.1) is 0 Å². The van der Waals surface area contributed by atoms with Crippen molar-refractivity contribution in [1.82, 2.24) is 0 Å². The number of allylic oxidation sites excluding steroid dienone is 1. The van der Waals surface area contributed by atoms with Gasteiger partial charge in [0.2, 0.25) is 0 Å². The number of aliphatic carboxylic acids is 1. The van der Waals surface area contributed by atoms with Crippen molar-refractivity contribution >= 4 is 5.97 Å². The molecule has 0 bridgehead atoms. The van der Waals surface area contributed by atoms with Crippen molar-refractivity contribution in [2.75, 3.05) is 13.2 Å². The molecule has 0 saturated heterocycles. The summed E-state index contributed by atoms with van der Waals surface area (Å²) in [6.07, 6.45) is 3.81. The van der Waals surface area contributed by atoms with E-state index in [1.165, 1.54) is 0 Å². The van der Waals surface area contributed by atoms with E-state index < -0.39 is 5.97 Å². The van der Waals surface area contributed by atoms with E-state index in [1.54, 1.807) is 6.08 Å². The zero-order chi connectivity index (χ0) is 12.4. The van der Waals surface area contributed by atoms with Crippen molar-refractivity contribution in [2.45, 2.75) is 33.0 Å². The summed E-state index contributed by atoms with van der Waals surface area (Å²) >= 11 is 0. The molecule has 0 heterocycles. The van der Waals surface area contributed by atoms with Gasteiger partial charge in [0.15, 0.2) is 6.29 Å². The summed E-state index contributed by atoms with van der Waals surface area (Å²) in [4.78, 5) is 10.4. The minimum absolute atomic E-state index is 0.0373. The van der Waals surface area contributed by atoms with Gasteiger partial charge in [-0.2, -0.15) is 0 Å². The first-order chi connectivity index (χ1) is 7.60. The molecule has 0 amide bonds. The predicted molar refractivity (Wildman–Crippen MR) is 62.2 cm³/mol. The maximum atomic E-state index is 10.4. The maximum absolute atomic E-state index is 10.4. The SMILES string of the molecule is C=C(/C=C\CC(OCC)OCC)CC(=O)O. The molecule has 0 fully saturated rings. The molecule has 0 aliphatic rings. The Hall–Kier alpha value is -1.13. The molecular formula is C12H20O4. The molecular weight excluding hydrogens is 208 g/mol. The molecule has 16 heavy (non-hydrogen) atoms. The molecule has 92 valence electrons.